The Morgan fingerprint density at radius 1 is 1.23 bits per heavy atom. The highest BCUT2D eigenvalue weighted by Gasteiger charge is 2.23. The van der Waals surface area contributed by atoms with E-state index in [4.69, 9.17) is 16.3 Å². The summed E-state index contributed by atoms with van der Waals surface area (Å²) in [5.41, 5.74) is 2.87. The number of nitrogens with zero attached hydrogens (tertiary/aromatic N) is 4. The molecule has 1 aromatic carbocycles. The summed E-state index contributed by atoms with van der Waals surface area (Å²) in [6, 6.07) is 9.58. The summed E-state index contributed by atoms with van der Waals surface area (Å²) in [7, 11) is 1.74. The number of hydrogen-bond acceptors (Lipinski definition) is 6. The van der Waals surface area contributed by atoms with Gasteiger partial charge < -0.3 is 4.74 Å². The first-order valence-corrected chi connectivity index (χ1v) is 10.9. The van der Waals surface area contributed by atoms with Crippen LogP contribution in [0.4, 0.5) is 5.13 Å². The van der Waals surface area contributed by atoms with E-state index in [1.54, 1.807) is 31.7 Å². The molecule has 0 aliphatic heterocycles. The van der Waals surface area contributed by atoms with Crippen molar-refractivity contribution >= 4 is 46.0 Å². The molecule has 2 aromatic heterocycles. The number of thiazole rings is 1. The SMILES string of the molecule is CCOC(=O)c1sc(N(Cc2ccccc2)C(=O)/C=C/c2c(C)nn(C)c2Cl)nc1C. The third-order valence-corrected chi connectivity index (χ3v) is 6.12. The van der Waals surface area contributed by atoms with Crippen molar-refractivity contribution in [1.82, 2.24) is 14.8 Å². The van der Waals surface area contributed by atoms with E-state index in [2.05, 4.69) is 10.1 Å². The number of halogens is 1. The van der Waals surface area contributed by atoms with Gasteiger partial charge in [0, 0.05) is 18.7 Å². The van der Waals surface area contributed by atoms with E-state index >= 15 is 0 Å². The quantitative estimate of drug-likeness (QED) is 0.383. The average molecular weight is 459 g/mol. The molecule has 0 spiro atoms. The first-order chi connectivity index (χ1) is 14.8. The van der Waals surface area contributed by atoms with Crippen molar-refractivity contribution in [2.45, 2.75) is 27.3 Å². The van der Waals surface area contributed by atoms with E-state index in [1.165, 1.54) is 11.0 Å². The number of rotatable bonds is 7. The first-order valence-electron chi connectivity index (χ1n) is 9.69. The molecule has 7 nitrogen and oxygen atoms in total. The normalized spacial score (nSPS) is 11.1. The number of esters is 1. The standard InChI is InChI=1S/C22H23ClN4O3S/c1-5-30-21(29)19-15(3)24-22(31-19)27(13-16-9-7-6-8-10-16)18(28)12-11-17-14(2)25-26(4)20(17)23/h6-12H,5,13H2,1-4H3/b12-11+. The van der Waals surface area contributed by atoms with Crippen LogP contribution in [0.15, 0.2) is 36.4 Å². The summed E-state index contributed by atoms with van der Waals surface area (Å²) >= 11 is 7.41. The number of aromatic nitrogens is 3. The zero-order valence-corrected chi connectivity index (χ0v) is 19.3. The van der Waals surface area contributed by atoms with Gasteiger partial charge in [0.15, 0.2) is 5.13 Å². The molecule has 31 heavy (non-hydrogen) atoms. The molecule has 0 N–H and O–H groups in total. The third-order valence-electron chi connectivity index (χ3n) is 4.52. The number of ether oxygens (including phenoxy) is 1. The second-order valence-corrected chi connectivity index (χ2v) is 8.12. The Balaban J connectivity index is 1.95. The van der Waals surface area contributed by atoms with Crippen molar-refractivity contribution in [3.63, 3.8) is 0 Å². The molecule has 0 saturated carbocycles. The number of anilines is 1. The van der Waals surface area contributed by atoms with Crippen molar-refractivity contribution in [2.75, 3.05) is 11.5 Å². The lowest BCUT2D eigenvalue weighted by Gasteiger charge is -2.18. The van der Waals surface area contributed by atoms with Crippen molar-refractivity contribution in [3.05, 3.63) is 69.0 Å². The van der Waals surface area contributed by atoms with Gasteiger partial charge in [-0.15, -0.1) is 0 Å². The minimum atomic E-state index is -0.441. The summed E-state index contributed by atoms with van der Waals surface area (Å²) in [6.45, 7) is 5.88. The fourth-order valence-corrected chi connectivity index (χ4v) is 4.17. The molecule has 0 aliphatic rings. The van der Waals surface area contributed by atoms with Gasteiger partial charge in [0.25, 0.3) is 5.91 Å². The fourth-order valence-electron chi connectivity index (χ4n) is 2.97. The highest BCUT2D eigenvalue weighted by Crippen LogP contribution is 2.29. The number of carbonyl (C=O) groups is 2. The number of benzene rings is 1. The highest BCUT2D eigenvalue weighted by atomic mass is 35.5. The molecule has 0 saturated heterocycles. The molecule has 9 heteroatoms. The van der Waals surface area contributed by atoms with E-state index in [-0.39, 0.29) is 12.5 Å². The molecule has 0 unspecified atom stereocenters. The van der Waals surface area contributed by atoms with Crippen LogP contribution in [0.1, 0.15) is 39.1 Å². The Bertz CT molecular complexity index is 1120. The van der Waals surface area contributed by atoms with Crippen LogP contribution >= 0.6 is 22.9 Å². The molecule has 0 atom stereocenters. The molecule has 1 amide bonds. The lowest BCUT2D eigenvalue weighted by atomic mass is 10.2. The fraction of sp³-hybridized carbons (Fsp3) is 0.273. The zero-order valence-electron chi connectivity index (χ0n) is 17.8. The van der Waals surface area contributed by atoms with Gasteiger partial charge in [-0.3, -0.25) is 14.4 Å². The molecule has 3 rings (SSSR count). The minimum Gasteiger partial charge on any atom is -0.462 e. The molecular weight excluding hydrogens is 436 g/mol. The summed E-state index contributed by atoms with van der Waals surface area (Å²) in [5.74, 6) is -0.725. The van der Waals surface area contributed by atoms with Crippen molar-refractivity contribution in [2.24, 2.45) is 7.05 Å². The number of aryl methyl sites for hydroxylation is 3. The van der Waals surface area contributed by atoms with Crippen LogP contribution in [0.3, 0.4) is 0 Å². The summed E-state index contributed by atoms with van der Waals surface area (Å²) in [5, 5.41) is 5.13. The van der Waals surface area contributed by atoms with Crippen molar-refractivity contribution in [1.29, 1.82) is 0 Å². The summed E-state index contributed by atoms with van der Waals surface area (Å²) < 4.78 is 6.66. The second-order valence-electron chi connectivity index (χ2n) is 6.79. The van der Waals surface area contributed by atoms with Gasteiger partial charge in [0.1, 0.15) is 10.0 Å². The first kappa shape index (κ1) is 22.7. The summed E-state index contributed by atoms with van der Waals surface area (Å²) in [4.78, 5) is 31.8. The van der Waals surface area contributed by atoms with E-state index in [9.17, 15) is 9.59 Å². The Labute approximate surface area is 189 Å². The van der Waals surface area contributed by atoms with Crippen LogP contribution in [-0.2, 0) is 23.1 Å². The second kappa shape index (κ2) is 9.89. The molecule has 162 valence electrons. The predicted octanol–water partition coefficient (Wildman–Crippen LogP) is 4.57. The monoisotopic (exact) mass is 458 g/mol. The van der Waals surface area contributed by atoms with E-state index in [0.717, 1.165) is 22.6 Å². The lowest BCUT2D eigenvalue weighted by molar-refractivity contribution is -0.114. The maximum Gasteiger partial charge on any atom is 0.350 e. The van der Waals surface area contributed by atoms with Crippen molar-refractivity contribution in [3.8, 4) is 0 Å². The van der Waals surface area contributed by atoms with Gasteiger partial charge in [0.05, 0.1) is 24.5 Å². The minimum absolute atomic E-state index is 0.270. The summed E-state index contributed by atoms with van der Waals surface area (Å²) in [6.07, 6.45) is 3.09. The van der Waals surface area contributed by atoms with Gasteiger partial charge in [-0.25, -0.2) is 9.78 Å². The molecule has 0 bridgehead atoms. The van der Waals surface area contributed by atoms with Gasteiger partial charge >= 0.3 is 5.97 Å². The van der Waals surface area contributed by atoms with E-state index in [1.807, 2.05) is 37.3 Å². The van der Waals surface area contributed by atoms with E-state index in [0.29, 0.717) is 33.0 Å². The Kier molecular flexibility index (Phi) is 7.25. The van der Waals surface area contributed by atoms with Gasteiger partial charge in [-0.05, 0) is 32.4 Å². The molecule has 2 heterocycles. The molecule has 0 fully saturated rings. The molecule has 0 aliphatic carbocycles. The van der Waals surface area contributed by atoms with Crippen LogP contribution in [-0.4, -0.2) is 33.2 Å². The van der Waals surface area contributed by atoms with Gasteiger partial charge in [0.2, 0.25) is 0 Å². The Morgan fingerprint density at radius 3 is 2.55 bits per heavy atom. The van der Waals surface area contributed by atoms with Gasteiger partial charge in [-0.1, -0.05) is 53.3 Å². The Morgan fingerprint density at radius 2 is 1.94 bits per heavy atom. The smallest absolute Gasteiger partial charge is 0.350 e. The van der Waals surface area contributed by atoms with Crippen molar-refractivity contribution < 1.29 is 14.3 Å². The molecular formula is C22H23ClN4O3S. The maximum absolute atomic E-state index is 13.2. The van der Waals surface area contributed by atoms with Crippen LogP contribution in [0.25, 0.3) is 6.08 Å². The van der Waals surface area contributed by atoms with Crippen LogP contribution in [0.2, 0.25) is 5.15 Å². The molecule has 3 aromatic rings. The zero-order chi connectivity index (χ0) is 22.5. The van der Waals surface area contributed by atoms with Gasteiger partial charge in [-0.2, -0.15) is 5.10 Å². The lowest BCUT2D eigenvalue weighted by Crippen LogP contribution is -2.28. The van der Waals surface area contributed by atoms with Crippen LogP contribution in [0, 0.1) is 13.8 Å². The number of hydrogen-bond donors (Lipinski definition) is 0. The highest BCUT2D eigenvalue weighted by molar-refractivity contribution is 7.17. The average Bonchev–Trinajstić information content (AvgIpc) is 3.24. The topological polar surface area (TPSA) is 77.3 Å². The van der Waals surface area contributed by atoms with Crippen LogP contribution < -0.4 is 4.90 Å². The molecule has 0 radical (unpaired) electrons. The maximum atomic E-state index is 13.2. The number of carbonyl (C=O) groups excluding carboxylic acids is 2. The predicted molar refractivity (Wildman–Crippen MR) is 122 cm³/mol. The van der Waals surface area contributed by atoms with E-state index < -0.39 is 5.97 Å². The Hall–Kier alpha value is -2.97. The number of amides is 1. The third kappa shape index (κ3) is 5.21. The van der Waals surface area contributed by atoms with Crippen LogP contribution in [0.5, 0.6) is 0 Å². The largest absolute Gasteiger partial charge is 0.462 e.